The molecule has 1 aliphatic rings. The Morgan fingerprint density at radius 3 is 3.00 bits per heavy atom. The van der Waals surface area contributed by atoms with Crippen LogP contribution in [0.25, 0.3) is 0 Å². The summed E-state index contributed by atoms with van der Waals surface area (Å²) in [5.41, 5.74) is 1.08. The first kappa shape index (κ1) is 17.2. The van der Waals surface area contributed by atoms with Gasteiger partial charge in [-0.2, -0.15) is 0 Å². The highest BCUT2D eigenvalue weighted by atomic mass is 35.5. The normalized spacial score (nSPS) is 17.5. The summed E-state index contributed by atoms with van der Waals surface area (Å²) in [6, 6.07) is 7.61. The molecule has 1 fully saturated rings. The number of likely N-dealkylation sites (tertiary alicyclic amines) is 1. The lowest BCUT2D eigenvalue weighted by Crippen LogP contribution is -2.29. The van der Waals surface area contributed by atoms with E-state index in [9.17, 15) is 9.59 Å². The molecule has 2 rings (SSSR count). The van der Waals surface area contributed by atoms with E-state index in [2.05, 4.69) is 4.74 Å². The Hall–Kier alpha value is -1.20. The van der Waals surface area contributed by atoms with Gasteiger partial charge in [0.1, 0.15) is 0 Å². The minimum absolute atomic E-state index is 0.168. The van der Waals surface area contributed by atoms with Crippen molar-refractivity contribution in [1.29, 1.82) is 0 Å². The van der Waals surface area contributed by atoms with Crippen molar-refractivity contribution in [3.8, 4) is 0 Å². The number of ether oxygens (including phenoxy) is 1. The van der Waals surface area contributed by atoms with Gasteiger partial charge in [-0.3, -0.25) is 9.59 Å². The van der Waals surface area contributed by atoms with Gasteiger partial charge in [-0.05, 0) is 30.5 Å². The molecule has 0 unspecified atom stereocenters. The van der Waals surface area contributed by atoms with Crippen molar-refractivity contribution in [1.82, 2.24) is 4.90 Å². The minimum atomic E-state index is -0.212. The summed E-state index contributed by atoms with van der Waals surface area (Å²) >= 11 is 7.51. The van der Waals surface area contributed by atoms with Crippen molar-refractivity contribution in [2.24, 2.45) is 0 Å². The number of amides is 1. The minimum Gasteiger partial charge on any atom is -0.468 e. The summed E-state index contributed by atoms with van der Waals surface area (Å²) in [5.74, 6) is 0.308. The van der Waals surface area contributed by atoms with Gasteiger partial charge in [-0.15, -0.1) is 11.8 Å². The maximum atomic E-state index is 12.2. The number of esters is 1. The molecular weight excluding hydrogens is 322 g/mol. The fourth-order valence-corrected chi connectivity index (χ4v) is 3.70. The molecule has 0 aromatic heterocycles. The summed E-state index contributed by atoms with van der Waals surface area (Å²) in [5, 5.41) is 1.03. The number of nitrogens with zero attached hydrogens (tertiary/aromatic N) is 1. The van der Waals surface area contributed by atoms with Gasteiger partial charge in [-0.1, -0.05) is 23.7 Å². The molecule has 1 aromatic carbocycles. The third-order valence-electron chi connectivity index (χ3n) is 3.68. The molecule has 4 nitrogen and oxygen atoms in total. The van der Waals surface area contributed by atoms with E-state index in [0.717, 1.165) is 25.1 Å². The zero-order chi connectivity index (χ0) is 15.9. The van der Waals surface area contributed by atoms with E-state index in [1.165, 1.54) is 7.11 Å². The molecule has 1 aliphatic heterocycles. The molecule has 1 atom stereocenters. The maximum Gasteiger partial charge on any atom is 0.315 e. The number of methoxy groups -OCH3 is 1. The van der Waals surface area contributed by atoms with Crippen LogP contribution in [0, 0.1) is 0 Å². The quantitative estimate of drug-likeness (QED) is 0.746. The lowest BCUT2D eigenvalue weighted by atomic mass is 10.1. The SMILES string of the molecule is COC(=O)CS[C@@H]1CCN(C(=O)CCc2cccc(Cl)c2)C1. The fourth-order valence-electron chi connectivity index (χ4n) is 2.44. The largest absolute Gasteiger partial charge is 0.468 e. The fraction of sp³-hybridized carbons (Fsp3) is 0.500. The average Bonchev–Trinajstić information content (AvgIpc) is 2.99. The third-order valence-corrected chi connectivity index (χ3v) is 5.17. The van der Waals surface area contributed by atoms with Gasteiger partial charge in [0.2, 0.25) is 5.91 Å². The van der Waals surface area contributed by atoms with Crippen LogP contribution in [-0.4, -0.2) is 48.0 Å². The molecule has 0 radical (unpaired) electrons. The van der Waals surface area contributed by atoms with Crippen molar-refractivity contribution in [3.05, 3.63) is 34.9 Å². The van der Waals surface area contributed by atoms with Crippen LogP contribution in [0.3, 0.4) is 0 Å². The van der Waals surface area contributed by atoms with Crippen LogP contribution in [0.15, 0.2) is 24.3 Å². The maximum absolute atomic E-state index is 12.2. The van der Waals surface area contributed by atoms with Crippen molar-refractivity contribution in [2.45, 2.75) is 24.5 Å². The number of thioether (sulfide) groups is 1. The molecule has 0 N–H and O–H groups in total. The Kier molecular flexibility index (Phi) is 6.58. The molecule has 0 saturated carbocycles. The van der Waals surface area contributed by atoms with E-state index in [1.54, 1.807) is 11.8 Å². The molecule has 0 spiro atoms. The Bertz CT molecular complexity index is 538. The molecule has 1 heterocycles. The molecule has 1 amide bonds. The molecule has 1 saturated heterocycles. The molecule has 0 aliphatic carbocycles. The van der Waals surface area contributed by atoms with Crippen LogP contribution in [0.5, 0.6) is 0 Å². The zero-order valence-corrected chi connectivity index (χ0v) is 14.2. The predicted octanol–water partition coefficient (Wildman–Crippen LogP) is 2.78. The summed E-state index contributed by atoms with van der Waals surface area (Å²) < 4.78 is 4.63. The molecule has 6 heteroatoms. The number of carbonyl (C=O) groups is 2. The Labute approximate surface area is 140 Å². The first-order valence-corrected chi connectivity index (χ1v) is 8.72. The van der Waals surface area contributed by atoms with Crippen molar-refractivity contribution in [3.63, 3.8) is 0 Å². The predicted molar refractivity (Wildman–Crippen MR) is 89.2 cm³/mol. The molecule has 0 bridgehead atoms. The van der Waals surface area contributed by atoms with E-state index in [1.807, 2.05) is 29.2 Å². The van der Waals surface area contributed by atoms with Gasteiger partial charge < -0.3 is 9.64 Å². The monoisotopic (exact) mass is 341 g/mol. The van der Waals surface area contributed by atoms with Gasteiger partial charge in [0.05, 0.1) is 12.9 Å². The Morgan fingerprint density at radius 1 is 1.45 bits per heavy atom. The van der Waals surface area contributed by atoms with Crippen LogP contribution >= 0.6 is 23.4 Å². The number of halogens is 1. The van der Waals surface area contributed by atoms with E-state index in [4.69, 9.17) is 11.6 Å². The Morgan fingerprint density at radius 2 is 2.27 bits per heavy atom. The van der Waals surface area contributed by atoms with Crippen LogP contribution in [-0.2, 0) is 20.7 Å². The van der Waals surface area contributed by atoms with Gasteiger partial charge in [0, 0.05) is 29.8 Å². The van der Waals surface area contributed by atoms with E-state index in [-0.39, 0.29) is 11.9 Å². The van der Waals surface area contributed by atoms with E-state index in [0.29, 0.717) is 28.9 Å². The first-order chi connectivity index (χ1) is 10.6. The second kappa shape index (κ2) is 8.44. The number of hydrogen-bond donors (Lipinski definition) is 0. The summed E-state index contributed by atoms with van der Waals surface area (Å²) in [6.07, 6.45) is 2.13. The van der Waals surface area contributed by atoms with Crippen LogP contribution in [0.1, 0.15) is 18.4 Å². The van der Waals surface area contributed by atoms with E-state index >= 15 is 0 Å². The van der Waals surface area contributed by atoms with Crippen molar-refractivity contribution < 1.29 is 14.3 Å². The lowest BCUT2D eigenvalue weighted by Gasteiger charge is -2.16. The number of hydrogen-bond acceptors (Lipinski definition) is 4. The molecular formula is C16H20ClNO3S. The van der Waals surface area contributed by atoms with Crippen molar-refractivity contribution >= 4 is 35.2 Å². The number of rotatable bonds is 6. The molecule has 120 valence electrons. The standard InChI is InChI=1S/C16H20ClNO3S/c1-21-16(20)11-22-14-7-8-18(10-14)15(19)6-5-12-3-2-4-13(17)9-12/h2-4,9,14H,5-8,10-11H2,1H3/t14-/m1/s1. The second-order valence-corrected chi connectivity index (χ2v) is 6.99. The third kappa shape index (κ3) is 5.21. The van der Waals surface area contributed by atoms with Gasteiger partial charge in [-0.25, -0.2) is 0 Å². The number of aryl methyl sites for hydroxylation is 1. The second-order valence-electron chi connectivity index (χ2n) is 5.27. The topological polar surface area (TPSA) is 46.6 Å². The van der Waals surface area contributed by atoms with Crippen LogP contribution in [0.2, 0.25) is 5.02 Å². The van der Waals surface area contributed by atoms with Crippen molar-refractivity contribution in [2.75, 3.05) is 26.0 Å². The highest BCUT2D eigenvalue weighted by Gasteiger charge is 2.26. The highest BCUT2D eigenvalue weighted by molar-refractivity contribution is 8.00. The smallest absolute Gasteiger partial charge is 0.315 e. The van der Waals surface area contributed by atoms with Gasteiger partial charge >= 0.3 is 5.97 Å². The van der Waals surface area contributed by atoms with Crippen LogP contribution in [0.4, 0.5) is 0 Å². The zero-order valence-electron chi connectivity index (χ0n) is 12.6. The number of carbonyl (C=O) groups excluding carboxylic acids is 2. The Balaban J connectivity index is 1.73. The van der Waals surface area contributed by atoms with E-state index < -0.39 is 0 Å². The molecule has 22 heavy (non-hydrogen) atoms. The average molecular weight is 342 g/mol. The number of benzene rings is 1. The molecule has 1 aromatic rings. The summed E-state index contributed by atoms with van der Waals surface area (Å²) in [7, 11) is 1.39. The highest BCUT2D eigenvalue weighted by Crippen LogP contribution is 2.23. The van der Waals surface area contributed by atoms with Gasteiger partial charge in [0.15, 0.2) is 0 Å². The summed E-state index contributed by atoms with van der Waals surface area (Å²) in [6.45, 7) is 1.49. The van der Waals surface area contributed by atoms with Gasteiger partial charge in [0.25, 0.3) is 0 Å². The summed E-state index contributed by atoms with van der Waals surface area (Å²) in [4.78, 5) is 25.3. The first-order valence-electron chi connectivity index (χ1n) is 7.29. The lowest BCUT2D eigenvalue weighted by molar-refractivity contribution is -0.137. The van der Waals surface area contributed by atoms with Crippen LogP contribution < -0.4 is 0 Å².